The van der Waals surface area contributed by atoms with Crippen LogP contribution in [-0.2, 0) is 16.0 Å². The van der Waals surface area contributed by atoms with E-state index < -0.39 is 5.97 Å². The molecule has 2 aromatic heterocycles. The van der Waals surface area contributed by atoms with Crippen molar-refractivity contribution in [3.05, 3.63) is 40.2 Å². The second-order valence-corrected chi connectivity index (χ2v) is 8.21. The summed E-state index contributed by atoms with van der Waals surface area (Å²) in [7, 11) is 0. The van der Waals surface area contributed by atoms with E-state index in [1.54, 1.807) is 17.9 Å². The number of hydrogen-bond donors (Lipinski definition) is 1. The summed E-state index contributed by atoms with van der Waals surface area (Å²) in [5.74, 6) is -0.797. The van der Waals surface area contributed by atoms with E-state index in [0.717, 1.165) is 10.4 Å². The number of amides is 2. The Kier molecular flexibility index (Phi) is 6.74. The first kappa shape index (κ1) is 21.1. The van der Waals surface area contributed by atoms with Crippen LogP contribution in [0.15, 0.2) is 23.0 Å². The van der Waals surface area contributed by atoms with Gasteiger partial charge in [0.2, 0.25) is 5.91 Å². The maximum absolute atomic E-state index is 12.8. The Bertz CT molecular complexity index is 879. The number of nitrogens with zero attached hydrogens (tertiary/aromatic N) is 1. The molecule has 0 aliphatic carbocycles. The van der Waals surface area contributed by atoms with Gasteiger partial charge in [-0.2, -0.15) is 0 Å². The first-order chi connectivity index (χ1) is 14.0. The molecule has 156 valence electrons. The van der Waals surface area contributed by atoms with Gasteiger partial charge in [-0.1, -0.05) is 6.92 Å². The minimum absolute atomic E-state index is 0.0799. The van der Waals surface area contributed by atoms with Gasteiger partial charge in [0.25, 0.3) is 5.91 Å². The van der Waals surface area contributed by atoms with Gasteiger partial charge in [0.05, 0.1) is 24.0 Å². The van der Waals surface area contributed by atoms with E-state index in [2.05, 4.69) is 5.32 Å². The van der Waals surface area contributed by atoms with Gasteiger partial charge in [0.1, 0.15) is 11.3 Å². The molecule has 1 aliphatic rings. The third-order valence-electron chi connectivity index (χ3n) is 5.20. The SMILES string of the molecule is CCOC(=O)c1c(NC(=O)C2CCN(C(=O)c3ccoc3)CC2)sc(C)c1CC. The number of hydrogen-bond acceptors (Lipinski definition) is 6. The zero-order valence-corrected chi connectivity index (χ0v) is 17.8. The van der Waals surface area contributed by atoms with E-state index in [-0.39, 0.29) is 24.3 Å². The molecule has 8 heteroatoms. The first-order valence-electron chi connectivity index (χ1n) is 9.87. The standard InChI is InChI=1S/C21H26N2O5S/c1-4-16-13(3)29-19(17(16)21(26)28-5-2)22-18(24)14-6-9-23(10-7-14)20(25)15-8-11-27-12-15/h8,11-12,14H,4-7,9-10H2,1-3H3,(H,22,24). The minimum Gasteiger partial charge on any atom is -0.472 e. The molecular formula is C21H26N2O5S. The monoisotopic (exact) mass is 418 g/mol. The molecule has 0 radical (unpaired) electrons. The van der Waals surface area contributed by atoms with Crippen LogP contribution in [0.2, 0.25) is 0 Å². The molecule has 0 unspecified atom stereocenters. The molecule has 0 bridgehead atoms. The van der Waals surface area contributed by atoms with Crippen LogP contribution in [0.25, 0.3) is 0 Å². The fourth-order valence-electron chi connectivity index (χ4n) is 3.64. The van der Waals surface area contributed by atoms with Gasteiger partial charge in [-0.15, -0.1) is 11.3 Å². The second kappa shape index (κ2) is 9.26. The number of carbonyl (C=O) groups is 3. The van der Waals surface area contributed by atoms with E-state index >= 15 is 0 Å². The van der Waals surface area contributed by atoms with Crippen molar-refractivity contribution in [2.75, 3.05) is 25.0 Å². The molecule has 1 saturated heterocycles. The van der Waals surface area contributed by atoms with Crippen LogP contribution in [0.4, 0.5) is 5.00 Å². The number of ether oxygens (including phenoxy) is 1. The molecule has 2 amide bonds. The fourth-order valence-corrected chi connectivity index (χ4v) is 4.78. The number of piperidine rings is 1. The van der Waals surface area contributed by atoms with Crippen LogP contribution < -0.4 is 5.32 Å². The number of furan rings is 1. The Hall–Kier alpha value is -2.61. The molecule has 3 heterocycles. The van der Waals surface area contributed by atoms with Crippen molar-refractivity contribution in [2.24, 2.45) is 5.92 Å². The lowest BCUT2D eigenvalue weighted by Gasteiger charge is -2.31. The molecule has 7 nitrogen and oxygen atoms in total. The zero-order chi connectivity index (χ0) is 21.0. The van der Waals surface area contributed by atoms with Crippen LogP contribution in [0, 0.1) is 12.8 Å². The van der Waals surface area contributed by atoms with Crippen molar-refractivity contribution >= 4 is 34.1 Å². The van der Waals surface area contributed by atoms with E-state index in [1.165, 1.54) is 23.9 Å². The van der Waals surface area contributed by atoms with Gasteiger partial charge >= 0.3 is 5.97 Å². The van der Waals surface area contributed by atoms with E-state index in [9.17, 15) is 14.4 Å². The number of likely N-dealkylation sites (tertiary alicyclic amines) is 1. The zero-order valence-electron chi connectivity index (χ0n) is 16.9. The summed E-state index contributed by atoms with van der Waals surface area (Å²) in [5.41, 5.74) is 1.91. The minimum atomic E-state index is -0.399. The Labute approximate surface area is 174 Å². The van der Waals surface area contributed by atoms with E-state index in [1.807, 2.05) is 13.8 Å². The largest absolute Gasteiger partial charge is 0.472 e. The predicted molar refractivity (Wildman–Crippen MR) is 110 cm³/mol. The van der Waals surface area contributed by atoms with E-state index in [4.69, 9.17) is 9.15 Å². The highest BCUT2D eigenvalue weighted by Crippen LogP contribution is 2.35. The topological polar surface area (TPSA) is 88.9 Å². The molecule has 29 heavy (non-hydrogen) atoms. The molecule has 1 N–H and O–H groups in total. The quantitative estimate of drug-likeness (QED) is 0.719. The molecule has 0 saturated carbocycles. The van der Waals surface area contributed by atoms with E-state index in [0.29, 0.717) is 48.5 Å². The summed E-state index contributed by atoms with van der Waals surface area (Å²) >= 11 is 1.41. The summed E-state index contributed by atoms with van der Waals surface area (Å²) < 4.78 is 10.2. The highest BCUT2D eigenvalue weighted by atomic mass is 32.1. The van der Waals surface area contributed by atoms with Crippen molar-refractivity contribution in [2.45, 2.75) is 40.0 Å². The number of thiophene rings is 1. The van der Waals surface area contributed by atoms with Crippen molar-refractivity contribution in [1.82, 2.24) is 4.90 Å². The first-order valence-corrected chi connectivity index (χ1v) is 10.7. The summed E-state index contributed by atoms with van der Waals surface area (Å²) in [6.07, 6.45) is 4.76. The average molecular weight is 419 g/mol. The lowest BCUT2D eigenvalue weighted by Crippen LogP contribution is -2.41. The number of anilines is 1. The Morgan fingerprint density at radius 3 is 2.59 bits per heavy atom. The Morgan fingerprint density at radius 1 is 1.28 bits per heavy atom. The lowest BCUT2D eigenvalue weighted by atomic mass is 9.95. The van der Waals surface area contributed by atoms with Crippen LogP contribution in [0.5, 0.6) is 0 Å². The molecule has 1 fully saturated rings. The normalized spacial score (nSPS) is 14.7. The summed E-state index contributed by atoms with van der Waals surface area (Å²) in [6, 6.07) is 1.64. The van der Waals surface area contributed by atoms with Crippen molar-refractivity contribution < 1.29 is 23.5 Å². The maximum atomic E-state index is 12.8. The third kappa shape index (κ3) is 4.53. The summed E-state index contributed by atoms with van der Waals surface area (Å²) in [5, 5.41) is 3.50. The number of carbonyl (C=O) groups excluding carboxylic acids is 3. The molecule has 0 atom stereocenters. The second-order valence-electron chi connectivity index (χ2n) is 6.98. The van der Waals surface area contributed by atoms with Gasteiger partial charge in [0, 0.05) is 23.9 Å². The molecule has 0 spiro atoms. The van der Waals surface area contributed by atoms with Crippen LogP contribution in [0.3, 0.4) is 0 Å². The van der Waals surface area contributed by atoms with Crippen LogP contribution >= 0.6 is 11.3 Å². The van der Waals surface area contributed by atoms with Gasteiger partial charge in [-0.05, 0) is 44.7 Å². The summed E-state index contributed by atoms with van der Waals surface area (Å²) in [4.78, 5) is 40.4. The van der Waals surface area contributed by atoms with Gasteiger partial charge in [-0.3, -0.25) is 9.59 Å². The Morgan fingerprint density at radius 2 is 2.00 bits per heavy atom. The van der Waals surface area contributed by atoms with Crippen molar-refractivity contribution in [3.8, 4) is 0 Å². The molecule has 3 rings (SSSR count). The highest BCUT2D eigenvalue weighted by molar-refractivity contribution is 7.16. The van der Waals surface area contributed by atoms with Crippen LogP contribution in [0.1, 0.15) is 57.8 Å². The number of rotatable bonds is 6. The fraction of sp³-hybridized carbons (Fsp3) is 0.476. The summed E-state index contributed by atoms with van der Waals surface area (Å²) in [6.45, 7) is 7.00. The number of aryl methyl sites for hydroxylation is 1. The number of esters is 1. The number of nitrogens with one attached hydrogen (secondary N) is 1. The molecule has 0 aromatic carbocycles. The molecule has 1 aliphatic heterocycles. The van der Waals surface area contributed by atoms with Gasteiger partial charge in [-0.25, -0.2) is 4.79 Å². The van der Waals surface area contributed by atoms with Gasteiger partial charge < -0.3 is 19.4 Å². The third-order valence-corrected chi connectivity index (χ3v) is 6.26. The van der Waals surface area contributed by atoms with Crippen molar-refractivity contribution in [3.63, 3.8) is 0 Å². The maximum Gasteiger partial charge on any atom is 0.341 e. The molecule has 2 aromatic rings. The van der Waals surface area contributed by atoms with Crippen molar-refractivity contribution in [1.29, 1.82) is 0 Å². The van der Waals surface area contributed by atoms with Crippen LogP contribution in [-0.4, -0.2) is 42.4 Å². The predicted octanol–water partition coefficient (Wildman–Crippen LogP) is 3.88. The average Bonchev–Trinajstić information content (AvgIpc) is 3.35. The molecular weight excluding hydrogens is 392 g/mol. The smallest absolute Gasteiger partial charge is 0.341 e. The lowest BCUT2D eigenvalue weighted by molar-refractivity contribution is -0.121. The highest BCUT2D eigenvalue weighted by Gasteiger charge is 2.30. The van der Waals surface area contributed by atoms with Gasteiger partial charge in [0.15, 0.2) is 0 Å². The Balaban J connectivity index is 1.66.